The van der Waals surface area contributed by atoms with E-state index in [0.29, 0.717) is 6.73 Å². The Kier molecular flexibility index (Phi) is 10.8. The minimum Gasteiger partial charge on any atom is -0.367 e. The Balaban J connectivity index is 2.73. The molecule has 0 unspecified atom stereocenters. The van der Waals surface area contributed by atoms with Gasteiger partial charge < -0.3 is 16.2 Å². The number of nitrogens with two attached hydrogens (primary N) is 2. The van der Waals surface area contributed by atoms with Crippen LogP contribution in [-0.2, 0) is 4.74 Å². The molecule has 3 heteroatoms. The Hall–Kier alpha value is -0.120. The van der Waals surface area contributed by atoms with Crippen LogP contribution in [-0.4, -0.2) is 19.9 Å². The molecule has 0 spiro atoms. The van der Waals surface area contributed by atoms with Crippen molar-refractivity contribution in [1.29, 1.82) is 0 Å². The van der Waals surface area contributed by atoms with E-state index in [2.05, 4.69) is 0 Å². The van der Waals surface area contributed by atoms with Gasteiger partial charge in [0.15, 0.2) is 0 Å². The van der Waals surface area contributed by atoms with Crippen molar-refractivity contribution in [3.05, 3.63) is 0 Å². The van der Waals surface area contributed by atoms with Crippen molar-refractivity contribution in [2.45, 2.75) is 38.5 Å². The van der Waals surface area contributed by atoms with Gasteiger partial charge in [0.05, 0.1) is 6.73 Å². The number of rotatable bonds is 9. The van der Waals surface area contributed by atoms with Gasteiger partial charge in [-0.05, 0) is 19.4 Å². The minimum atomic E-state index is 0.354. The Morgan fingerprint density at radius 2 is 1.33 bits per heavy atom. The van der Waals surface area contributed by atoms with Crippen LogP contribution in [0.15, 0.2) is 0 Å². The summed E-state index contributed by atoms with van der Waals surface area (Å²) in [6.45, 7) is 2.00. The molecule has 0 saturated heterocycles. The molecule has 0 aliphatic rings. The second-order valence-electron chi connectivity index (χ2n) is 2.98. The monoisotopic (exact) mass is 174 g/mol. The van der Waals surface area contributed by atoms with Gasteiger partial charge >= 0.3 is 0 Å². The zero-order valence-electron chi connectivity index (χ0n) is 7.93. The molecule has 0 aliphatic heterocycles. The maximum Gasteiger partial charge on any atom is 0.0940 e. The first-order chi connectivity index (χ1) is 5.91. The van der Waals surface area contributed by atoms with Crippen molar-refractivity contribution in [3.63, 3.8) is 0 Å². The van der Waals surface area contributed by atoms with Crippen molar-refractivity contribution < 1.29 is 4.74 Å². The summed E-state index contributed by atoms with van der Waals surface area (Å²) in [5.41, 5.74) is 10.5. The van der Waals surface area contributed by atoms with E-state index in [9.17, 15) is 0 Å². The summed E-state index contributed by atoms with van der Waals surface area (Å²) < 4.78 is 5.02. The van der Waals surface area contributed by atoms with Crippen molar-refractivity contribution in [2.24, 2.45) is 11.5 Å². The lowest BCUT2D eigenvalue weighted by Gasteiger charge is -2.01. The van der Waals surface area contributed by atoms with E-state index in [1.807, 2.05) is 0 Å². The summed E-state index contributed by atoms with van der Waals surface area (Å²) in [7, 11) is 0. The topological polar surface area (TPSA) is 61.3 Å². The Labute approximate surface area is 75.5 Å². The third kappa shape index (κ3) is 9.88. The fraction of sp³-hybridized carbons (Fsp3) is 1.00. The van der Waals surface area contributed by atoms with Crippen molar-refractivity contribution in [3.8, 4) is 0 Å². The van der Waals surface area contributed by atoms with Crippen molar-refractivity contribution >= 4 is 0 Å². The first kappa shape index (κ1) is 11.9. The first-order valence-corrected chi connectivity index (χ1v) is 4.89. The molecule has 0 aliphatic carbocycles. The second kappa shape index (κ2) is 10.9. The summed E-state index contributed by atoms with van der Waals surface area (Å²) in [5, 5.41) is 0. The zero-order chi connectivity index (χ0) is 9.07. The molecular weight excluding hydrogens is 152 g/mol. The SMILES string of the molecule is NCCCCCCCCOCN. The van der Waals surface area contributed by atoms with Crippen LogP contribution in [0.25, 0.3) is 0 Å². The van der Waals surface area contributed by atoms with Gasteiger partial charge in [-0.3, -0.25) is 0 Å². The predicted molar refractivity (Wildman–Crippen MR) is 51.8 cm³/mol. The quantitative estimate of drug-likeness (QED) is 0.408. The van der Waals surface area contributed by atoms with Gasteiger partial charge in [-0.1, -0.05) is 25.7 Å². The van der Waals surface area contributed by atoms with Crippen LogP contribution >= 0.6 is 0 Å². The molecule has 0 amide bonds. The molecule has 0 bridgehead atoms. The van der Waals surface area contributed by atoms with Crippen molar-refractivity contribution in [2.75, 3.05) is 19.9 Å². The highest BCUT2D eigenvalue weighted by atomic mass is 16.5. The lowest BCUT2D eigenvalue weighted by molar-refractivity contribution is 0.136. The maximum absolute atomic E-state index is 5.38. The van der Waals surface area contributed by atoms with E-state index >= 15 is 0 Å². The number of ether oxygens (including phenoxy) is 1. The maximum atomic E-state index is 5.38. The molecule has 0 aromatic rings. The zero-order valence-corrected chi connectivity index (χ0v) is 7.93. The molecule has 0 rings (SSSR count). The summed E-state index contributed by atoms with van der Waals surface area (Å²) in [5.74, 6) is 0. The molecule has 12 heavy (non-hydrogen) atoms. The first-order valence-electron chi connectivity index (χ1n) is 4.89. The van der Waals surface area contributed by atoms with E-state index in [-0.39, 0.29) is 0 Å². The van der Waals surface area contributed by atoms with Gasteiger partial charge in [0.25, 0.3) is 0 Å². The predicted octanol–water partition coefficient (Wildman–Crippen LogP) is 1.22. The van der Waals surface area contributed by atoms with E-state index in [4.69, 9.17) is 16.2 Å². The van der Waals surface area contributed by atoms with E-state index in [1.165, 1.54) is 32.1 Å². The molecule has 0 aromatic carbocycles. The highest BCUT2D eigenvalue weighted by Crippen LogP contribution is 2.04. The highest BCUT2D eigenvalue weighted by Gasteiger charge is 1.90. The Morgan fingerprint density at radius 1 is 0.750 bits per heavy atom. The third-order valence-corrected chi connectivity index (χ3v) is 1.86. The lowest BCUT2D eigenvalue weighted by Crippen LogP contribution is -2.05. The van der Waals surface area contributed by atoms with E-state index < -0.39 is 0 Å². The normalized spacial score (nSPS) is 10.5. The molecule has 3 nitrogen and oxygen atoms in total. The average molecular weight is 174 g/mol. The largest absolute Gasteiger partial charge is 0.367 e. The molecule has 0 fully saturated rings. The van der Waals surface area contributed by atoms with Gasteiger partial charge in [0.2, 0.25) is 0 Å². The Morgan fingerprint density at radius 3 is 1.92 bits per heavy atom. The molecule has 0 aromatic heterocycles. The van der Waals surface area contributed by atoms with Crippen LogP contribution in [0, 0.1) is 0 Å². The van der Waals surface area contributed by atoms with Gasteiger partial charge in [0, 0.05) is 6.61 Å². The van der Waals surface area contributed by atoms with Crippen LogP contribution in [0.3, 0.4) is 0 Å². The van der Waals surface area contributed by atoms with Crippen LogP contribution in [0.4, 0.5) is 0 Å². The minimum absolute atomic E-state index is 0.354. The highest BCUT2D eigenvalue weighted by molar-refractivity contribution is 4.45. The van der Waals surface area contributed by atoms with Crippen LogP contribution in [0.1, 0.15) is 38.5 Å². The summed E-state index contributed by atoms with van der Waals surface area (Å²) in [4.78, 5) is 0. The fourth-order valence-corrected chi connectivity index (χ4v) is 1.14. The van der Waals surface area contributed by atoms with Crippen LogP contribution < -0.4 is 11.5 Å². The average Bonchev–Trinajstić information content (AvgIpc) is 2.10. The van der Waals surface area contributed by atoms with E-state index in [1.54, 1.807) is 0 Å². The van der Waals surface area contributed by atoms with Gasteiger partial charge in [-0.25, -0.2) is 0 Å². The molecule has 0 heterocycles. The number of unbranched alkanes of at least 4 members (excludes halogenated alkanes) is 5. The van der Waals surface area contributed by atoms with Crippen LogP contribution in [0.2, 0.25) is 0 Å². The standard InChI is InChI=1S/C9H22N2O/c10-7-5-3-1-2-4-6-8-12-9-11/h1-11H2. The summed E-state index contributed by atoms with van der Waals surface area (Å²) in [6, 6.07) is 0. The van der Waals surface area contributed by atoms with Gasteiger partial charge in [0.1, 0.15) is 0 Å². The van der Waals surface area contributed by atoms with Crippen LogP contribution in [0.5, 0.6) is 0 Å². The second-order valence-corrected chi connectivity index (χ2v) is 2.98. The third-order valence-electron chi connectivity index (χ3n) is 1.86. The number of hydrogen-bond acceptors (Lipinski definition) is 3. The van der Waals surface area contributed by atoms with Crippen molar-refractivity contribution in [1.82, 2.24) is 0 Å². The molecule has 74 valence electrons. The fourth-order valence-electron chi connectivity index (χ4n) is 1.14. The smallest absolute Gasteiger partial charge is 0.0940 e. The van der Waals surface area contributed by atoms with Gasteiger partial charge in [-0.15, -0.1) is 0 Å². The molecule has 4 N–H and O–H groups in total. The summed E-state index contributed by atoms with van der Waals surface area (Å²) >= 11 is 0. The van der Waals surface area contributed by atoms with Gasteiger partial charge in [-0.2, -0.15) is 0 Å². The molecular formula is C9H22N2O. The Bertz CT molecular complexity index is 68.9. The van der Waals surface area contributed by atoms with E-state index in [0.717, 1.165) is 19.6 Å². The molecule has 0 radical (unpaired) electrons. The molecule has 0 atom stereocenters. The lowest BCUT2D eigenvalue weighted by atomic mass is 10.1. The molecule has 0 saturated carbocycles. The number of hydrogen-bond donors (Lipinski definition) is 2. The summed E-state index contributed by atoms with van der Waals surface area (Å²) in [6.07, 6.45) is 7.44.